The standard InChI is InChI=1S/C23H18Br2ClNO2/c1-23(14-2-6-17(26)7-3-14)28-13-18(29-23)12-27-21-8-4-15(24)10-19(21)20-11-16(25)5-9-22(20)27/h2-11,18H,12-13H2,1H3/t18-,23+/m1/s1. The number of hydrogen-bond acceptors (Lipinski definition) is 2. The first kappa shape index (κ1) is 19.6. The van der Waals surface area contributed by atoms with E-state index in [1.807, 2.05) is 31.2 Å². The van der Waals surface area contributed by atoms with Gasteiger partial charge in [0, 0.05) is 41.3 Å². The van der Waals surface area contributed by atoms with Crippen LogP contribution in [0.5, 0.6) is 0 Å². The zero-order valence-corrected chi connectivity index (χ0v) is 19.6. The van der Waals surface area contributed by atoms with Crippen LogP contribution in [0.4, 0.5) is 0 Å². The molecule has 29 heavy (non-hydrogen) atoms. The van der Waals surface area contributed by atoms with Gasteiger partial charge in [0.15, 0.2) is 5.79 Å². The molecule has 2 heterocycles. The van der Waals surface area contributed by atoms with Crippen molar-refractivity contribution in [2.45, 2.75) is 25.4 Å². The molecule has 3 nitrogen and oxygen atoms in total. The Morgan fingerprint density at radius 1 is 0.966 bits per heavy atom. The Hall–Kier alpha value is -1.37. The molecule has 0 aliphatic carbocycles. The largest absolute Gasteiger partial charge is 0.343 e. The molecule has 1 aliphatic heterocycles. The van der Waals surface area contributed by atoms with Gasteiger partial charge in [-0.2, -0.15) is 0 Å². The molecule has 0 amide bonds. The zero-order valence-electron chi connectivity index (χ0n) is 15.7. The summed E-state index contributed by atoms with van der Waals surface area (Å²) in [6.07, 6.45) is -0.0539. The summed E-state index contributed by atoms with van der Waals surface area (Å²) in [5.74, 6) is -0.764. The number of nitrogens with zero attached hydrogens (tertiary/aromatic N) is 1. The van der Waals surface area contributed by atoms with Crippen molar-refractivity contribution in [1.29, 1.82) is 0 Å². The Morgan fingerprint density at radius 2 is 1.55 bits per heavy atom. The number of rotatable bonds is 3. The predicted molar refractivity (Wildman–Crippen MR) is 124 cm³/mol. The molecule has 1 fully saturated rings. The fraction of sp³-hybridized carbons (Fsp3) is 0.217. The molecule has 2 atom stereocenters. The van der Waals surface area contributed by atoms with Gasteiger partial charge in [0.1, 0.15) is 6.10 Å². The molecule has 3 aromatic carbocycles. The molecule has 0 unspecified atom stereocenters. The maximum atomic E-state index is 6.39. The summed E-state index contributed by atoms with van der Waals surface area (Å²) in [5.41, 5.74) is 3.34. The summed E-state index contributed by atoms with van der Waals surface area (Å²) < 4.78 is 16.9. The van der Waals surface area contributed by atoms with E-state index in [1.54, 1.807) is 0 Å². The first-order valence-electron chi connectivity index (χ1n) is 9.38. The summed E-state index contributed by atoms with van der Waals surface area (Å²) in [6.45, 7) is 3.22. The van der Waals surface area contributed by atoms with Gasteiger partial charge in [-0.25, -0.2) is 0 Å². The van der Waals surface area contributed by atoms with Crippen LogP contribution in [0.15, 0.2) is 69.6 Å². The van der Waals surface area contributed by atoms with E-state index in [4.69, 9.17) is 21.1 Å². The van der Waals surface area contributed by atoms with Crippen molar-refractivity contribution < 1.29 is 9.47 Å². The topological polar surface area (TPSA) is 23.4 Å². The summed E-state index contributed by atoms with van der Waals surface area (Å²) in [5, 5.41) is 3.14. The third-order valence-corrected chi connectivity index (χ3v) is 6.72. The average Bonchev–Trinajstić information content (AvgIpc) is 3.21. The molecule has 1 saturated heterocycles. The summed E-state index contributed by atoms with van der Waals surface area (Å²) in [4.78, 5) is 0. The number of aromatic nitrogens is 1. The minimum atomic E-state index is -0.764. The van der Waals surface area contributed by atoms with E-state index in [0.717, 1.165) is 14.5 Å². The van der Waals surface area contributed by atoms with E-state index in [0.29, 0.717) is 18.2 Å². The van der Waals surface area contributed by atoms with Crippen molar-refractivity contribution in [2.24, 2.45) is 0 Å². The van der Waals surface area contributed by atoms with Crippen LogP contribution in [0.2, 0.25) is 5.02 Å². The van der Waals surface area contributed by atoms with Crippen LogP contribution in [-0.2, 0) is 21.8 Å². The Kier molecular flexibility index (Phi) is 5.00. The lowest BCUT2D eigenvalue weighted by Crippen LogP contribution is -2.25. The molecule has 0 radical (unpaired) electrons. The van der Waals surface area contributed by atoms with Crippen molar-refractivity contribution in [1.82, 2.24) is 4.57 Å². The fourth-order valence-electron chi connectivity index (χ4n) is 4.08. The average molecular weight is 536 g/mol. The molecule has 5 rings (SSSR count). The van der Waals surface area contributed by atoms with Crippen LogP contribution in [-0.4, -0.2) is 17.3 Å². The fourth-order valence-corrected chi connectivity index (χ4v) is 4.93. The van der Waals surface area contributed by atoms with Crippen LogP contribution < -0.4 is 0 Å². The third-order valence-electron chi connectivity index (χ3n) is 5.48. The molecule has 1 aromatic heterocycles. The highest BCUT2D eigenvalue weighted by Gasteiger charge is 2.39. The quantitative estimate of drug-likeness (QED) is 0.276. The summed E-state index contributed by atoms with van der Waals surface area (Å²) in [7, 11) is 0. The van der Waals surface area contributed by atoms with Gasteiger partial charge in [-0.3, -0.25) is 0 Å². The van der Waals surface area contributed by atoms with Crippen molar-refractivity contribution in [2.75, 3.05) is 6.61 Å². The van der Waals surface area contributed by atoms with E-state index in [-0.39, 0.29) is 6.10 Å². The molecule has 4 aromatic rings. The molecular formula is C23H18Br2ClNO2. The molecule has 0 bridgehead atoms. The Morgan fingerprint density at radius 3 is 2.14 bits per heavy atom. The lowest BCUT2D eigenvalue weighted by Gasteiger charge is -2.24. The highest BCUT2D eigenvalue weighted by molar-refractivity contribution is 9.10. The van der Waals surface area contributed by atoms with Gasteiger partial charge >= 0.3 is 0 Å². The normalized spacial score (nSPS) is 22.0. The van der Waals surface area contributed by atoms with E-state index >= 15 is 0 Å². The van der Waals surface area contributed by atoms with Crippen LogP contribution in [0.1, 0.15) is 12.5 Å². The van der Waals surface area contributed by atoms with Gasteiger partial charge in [0.25, 0.3) is 0 Å². The highest BCUT2D eigenvalue weighted by atomic mass is 79.9. The number of benzene rings is 3. The van der Waals surface area contributed by atoms with Gasteiger partial charge in [0.2, 0.25) is 0 Å². The molecule has 0 spiro atoms. The first-order chi connectivity index (χ1) is 13.9. The second-order valence-corrected chi connectivity index (χ2v) is 9.70. The van der Waals surface area contributed by atoms with Gasteiger partial charge in [-0.15, -0.1) is 0 Å². The lowest BCUT2D eigenvalue weighted by molar-refractivity contribution is -0.162. The van der Waals surface area contributed by atoms with Crippen molar-refractivity contribution in [3.63, 3.8) is 0 Å². The van der Waals surface area contributed by atoms with Crippen molar-refractivity contribution in [3.05, 3.63) is 80.2 Å². The monoisotopic (exact) mass is 533 g/mol. The van der Waals surface area contributed by atoms with Gasteiger partial charge in [0.05, 0.1) is 13.2 Å². The van der Waals surface area contributed by atoms with Crippen molar-refractivity contribution >= 4 is 65.3 Å². The van der Waals surface area contributed by atoms with Gasteiger partial charge < -0.3 is 14.0 Å². The SMILES string of the molecule is C[C@]1(c2ccc(Cl)cc2)OC[C@@H](Cn2c3ccc(Br)cc3c3cc(Br)ccc32)O1. The van der Waals surface area contributed by atoms with Gasteiger partial charge in [-0.05, 0) is 55.5 Å². The van der Waals surface area contributed by atoms with E-state index in [2.05, 4.69) is 72.8 Å². The van der Waals surface area contributed by atoms with Crippen molar-refractivity contribution in [3.8, 4) is 0 Å². The molecule has 148 valence electrons. The maximum Gasteiger partial charge on any atom is 0.192 e. The second kappa shape index (κ2) is 7.40. The molecule has 0 N–H and O–H groups in total. The molecule has 1 aliphatic rings. The van der Waals surface area contributed by atoms with Crippen LogP contribution in [0.25, 0.3) is 21.8 Å². The smallest absolute Gasteiger partial charge is 0.192 e. The molecule has 0 saturated carbocycles. The summed E-state index contributed by atoms with van der Waals surface area (Å²) >= 11 is 13.2. The minimum absolute atomic E-state index is 0.0539. The van der Waals surface area contributed by atoms with Gasteiger partial charge in [-0.1, -0.05) is 55.6 Å². The third kappa shape index (κ3) is 3.53. The first-order valence-corrected chi connectivity index (χ1v) is 11.3. The van der Waals surface area contributed by atoms with E-state index < -0.39 is 5.79 Å². The minimum Gasteiger partial charge on any atom is -0.343 e. The second-order valence-electron chi connectivity index (χ2n) is 7.44. The van der Waals surface area contributed by atoms with Crippen LogP contribution in [0.3, 0.4) is 0 Å². The zero-order chi connectivity index (χ0) is 20.2. The highest BCUT2D eigenvalue weighted by Crippen LogP contribution is 2.37. The molecular weight excluding hydrogens is 518 g/mol. The maximum absolute atomic E-state index is 6.39. The molecule has 6 heteroatoms. The number of halogens is 3. The Labute approximate surface area is 190 Å². The predicted octanol–water partition coefficient (Wildman–Crippen LogP) is 7.26. The number of hydrogen-bond donors (Lipinski definition) is 0. The lowest BCUT2D eigenvalue weighted by atomic mass is 10.1. The number of fused-ring (bicyclic) bond motifs is 3. The van der Waals surface area contributed by atoms with Crippen LogP contribution >= 0.6 is 43.5 Å². The Balaban J connectivity index is 1.51. The van der Waals surface area contributed by atoms with Crippen LogP contribution in [0, 0.1) is 0 Å². The number of ether oxygens (including phenoxy) is 2. The van der Waals surface area contributed by atoms with E-state index in [1.165, 1.54) is 21.8 Å². The van der Waals surface area contributed by atoms with E-state index in [9.17, 15) is 0 Å². The Bertz CT molecular complexity index is 1160. The summed E-state index contributed by atoms with van der Waals surface area (Å²) in [6, 6.07) is 20.5.